The van der Waals surface area contributed by atoms with Crippen molar-refractivity contribution < 1.29 is 9.90 Å². The van der Waals surface area contributed by atoms with Crippen LogP contribution in [0.5, 0.6) is 0 Å². The van der Waals surface area contributed by atoms with Crippen LogP contribution in [-0.2, 0) is 6.61 Å². The van der Waals surface area contributed by atoms with Crippen molar-refractivity contribution >= 4 is 21.8 Å². The summed E-state index contributed by atoms with van der Waals surface area (Å²) in [5, 5.41) is 8.85. The average Bonchev–Trinajstić information content (AvgIpc) is 2.16. The van der Waals surface area contributed by atoms with Gasteiger partial charge < -0.3 is 5.11 Å². The van der Waals surface area contributed by atoms with Gasteiger partial charge in [-0.2, -0.15) is 0 Å². The summed E-state index contributed by atoms with van der Waals surface area (Å²) in [7, 11) is 0. The number of hydrogen-bond acceptors (Lipinski definition) is 3. The third-order valence-electron chi connectivity index (χ3n) is 1.62. The molecule has 1 aromatic carbocycles. The molecule has 4 N–H and O–H groups in total. The van der Waals surface area contributed by atoms with Crippen LogP contribution in [-0.4, -0.2) is 11.0 Å². The van der Waals surface area contributed by atoms with Gasteiger partial charge in [0, 0.05) is 10.0 Å². The van der Waals surface area contributed by atoms with Crippen molar-refractivity contribution in [1.82, 2.24) is 5.43 Å². The Bertz CT molecular complexity index is 328. The lowest BCUT2D eigenvalue weighted by Gasteiger charge is -2.03. The fraction of sp³-hybridized carbons (Fsp3) is 0.125. The summed E-state index contributed by atoms with van der Waals surface area (Å²) >= 11 is 3.22. The van der Waals surface area contributed by atoms with E-state index >= 15 is 0 Å². The summed E-state index contributed by atoms with van der Waals surface area (Å²) < 4.78 is 0.691. The minimum absolute atomic E-state index is 0.0644. The van der Waals surface area contributed by atoms with E-state index in [0.29, 0.717) is 10.0 Å². The van der Waals surface area contributed by atoms with Crippen molar-refractivity contribution in [3.63, 3.8) is 0 Å². The van der Waals surface area contributed by atoms with Crippen LogP contribution in [0, 0.1) is 0 Å². The maximum Gasteiger partial charge on any atom is 0.265 e. The zero-order chi connectivity index (χ0) is 9.84. The van der Waals surface area contributed by atoms with Crippen LogP contribution in [0.15, 0.2) is 22.7 Å². The maximum absolute atomic E-state index is 11.0. The molecule has 1 aromatic rings. The van der Waals surface area contributed by atoms with E-state index in [4.69, 9.17) is 10.9 Å². The Morgan fingerprint density at radius 3 is 2.77 bits per heavy atom. The Kier molecular flexibility index (Phi) is 3.41. The standard InChI is InChI=1S/C8H9BrN2O2/c9-7-3-5(8(13)11-10)1-2-6(7)4-12/h1-3,12H,4,10H2,(H,11,13). The Morgan fingerprint density at radius 1 is 1.62 bits per heavy atom. The van der Waals surface area contributed by atoms with E-state index in [2.05, 4.69) is 15.9 Å². The highest BCUT2D eigenvalue weighted by Gasteiger charge is 2.05. The highest BCUT2D eigenvalue weighted by Crippen LogP contribution is 2.18. The molecule has 0 unspecified atom stereocenters. The van der Waals surface area contributed by atoms with Crippen LogP contribution in [0.25, 0.3) is 0 Å². The van der Waals surface area contributed by atoms with Crippen molar-refractivity contribution in [2.75, 3.05) is 0 Å². The molecule has 0 heterocycles. The van der Waals surface area contributed by atoms with Crippen LogP contribution in [0.1, 0.15) is 15.9 Å². The second-order valence-electron chi connectivity index (χ2n) is 2.44. The molecule has 0 saturated carbocycles. The lowest BCUT2D eigenvalue weighted by atomic mass is 10.1. The van der Waals surface area contributed by atoms with Gasteiger partial charge in [-0.1, -0.05) is 22.0 Å². The van der Waals surface area contributed by atoms with Gasteiger partial charge in [-0.15, -0.1) is 0 Å². The van der Waals surface area contributed by atoms with Crippen molar-refractivity contribution in [1.29, 1.82) is 0 Å². The number of rotatable bonds is 2. The molecule has 4 nitrogen and oxygen atoms in total. The monoisotopic (exact) mass is 244 g/mol. The first kappa shape index (κ1) is 10.2. The molecule has 0 fully saturated rings. The average molecular weight is 245 g/mol. The molecule has 0 saturated heterocycles. The van der Waals surface area contributed by atoms with Crippen molar-refractivity contribution in [3.8, 4) is 0 Å². The topological polar surface area (TPSA) is 75.3 Å². The first-order valence-corrected chi connectivity index (χ1v) is 4.38. The van der Waals surface area contributed by atoms with Crippen LogP contribution < -0.4 is 11.3 Å². The minimum atomic E-state index is -0.356. The van der Waals surface area contributed by atoms with E-state index in [9.17, 15) is 4.79 Å². The van der Waals surface area contributed by atoms with E-state index in [0.717, 1.165) is 5.56 Å². The number of hydrogen-bond donors (Lipinski definition) is 3. The highest BCUT2D eigenvalue weighted by atomic mass is 79.9. The van der Waals surface area contributed by atoms with E-state index in [1.165, 1.54) is 0 Å². The summed E-state index contributed by atoms with van der Waals surface area (Å²) in [5.41, 5.74) is 3.20. The molecule has 5 heteroatoms. The van der Waals surface area contributed by atoms with Crippen molar-refractivity contribution in [2.45, 2.75) is 6.61 Å². The van der Waals surface area contributed by atoms with Crippen molar-refractivity contribution in [3.05, 3.63) is 33.8 Å². The minimum Gasteiger partial charge on any atom is -0.392 e. The molecule has 0 spiro atoms. The predicted octanol–water partition coefficient (Wildman–Crippen LogP) is 0.545. The maximum atomic E-state index is 11.0. The third-order valence-corrected chi connectivity index (χ3v) is 2.35. The SMILES string of the molecule is NNC(=O)c1ccc(CO)c(Br)c1. The molecule has 0 aromatic heterocycles. The van der Waals surface area contributed by atoms with Crippen LogP contribution in [0.2, 0.25) is 0 Å². The second-order valence-corrected chi connectivity index (χ2v) is 3.29. The van der Waals surface area contributed by atoms with Crippen LogP contribution in [0.4, 0.5) is 0 Å². The van der Waals surface area contributed by atoms with Crippen LogP contribution >= 0.6 is 15.9 Å². The first-order chi connectivity index (χ1) is 6.19. The number of carbonyl (C=O) groups excluding carboxylic acids is 1. The van der Waals surface area contributed by atoms with Crippen molar-refractivity contribution in [2.24, 2.45) is 5.84 Å². The number of carbonyl (C=O) groups is 1. The van der Waals surface area contributed by atoms with Crippen LogP contribution in [0.3, 0.4) is 0 Å². The third kappa shape index (κ3) is 2.27. The van der Waals surface area contributed by atoms with E-state index in [-0.39, 0.29) is 12.5 Å². The lowest BCUT2D eigenvalue weighted by molar-refractivity contribution is 0.0953. The normalized spacial score (nSPS) is 9.77. The molecule has 0 atom stereocenters. The summed E-state index contributed by atoms with van der Waals surface area (Å²) in [6.07, 6.45) is 0. The molecule has 1 rings (SSSR count). The van der Waals surface area contributed by atoms with Gasteiger partial charge in [0.15, 0.2) is 0 Å². The number of halogens is 1. The molecule has 1 amide bonds. The Balaban J connectivity index is 3.02. The summed E-state index contributed by atoms with van der Waals surface area (Å²) in [4.78, 5) is 11.0. The lowest BCUT2D eigenvalue weighted by Crippen LogP contribution is -2.29. The second kappa shape index (κ2) is 4.36. The number of nitrogens with two attached hydrogens (primary N) is 1. The molecule has 0 bridgehead atoms. The van der Waals surface area contributed by atoms with Gasteiger partial charge in [0.05, 0.1) is 6.61 Å². The molecular weight excluding hydrogens is 236 g/mol. The number of nitrogen functional groups attached to an aromatic ring is 1. The van der Waals surface area contributed by atoms with E-state index in [1.807, 2.05) is 5.43 Å². The Morgan fingerprint density at radius 2 is 2.31 bits per heavy atom. The largest absolute Gasteiger partial charge is 0.392 e. The highest BCUT2D eigenvalue weighted by molar-refractivity contribution is 9.10. The molecule has 70 valence electrons. The smallest absolute Gasteiger partial charge is 0.265 e. The molecule has 0 aliphatic carbocycles. The van der Waals surface area contributed by atoms with E-state index < -0.39 is 0 Å². The summed E-state index contributed by atoms with van der Waals surface area (Å²) in [6.45, 7) is -0.0644. The van der Waals surface area contributed by atoms with Gasteiger partial charge in [-0.05, 0) is 17.7 Å². The predicted molar refractivity (Wildman–Crippen MR) is 51.7 cm³/mol. The summed E-state index contributed by atoms with van der Waals surface area (Å²) in [5.74, 6) is 4.60. The van der Waals surface area contributed by atoms with Gasteiger partial charge >= 0.3 is 0 Å². The number of amides is 1. The Hall–Kier alpha value is -0.910. The quantitative estimate of drug-likeness (QED) is 0.404. The molecule has 0 radical (unpaired) electrons. The number of aliphatic hydroxyl groups is 1. The number of hydrazine groups is 1. The van der Waals surface area contributed by atoms with E-state index in [1.54, 1.807) is 18.2 Å². The van der Waals surface area contributed by atoms with Gasteiger partial charge in [-0.25, -0.2) is 5.84 Å². The molecule has 0 aliphatic heterocycles. The number of nitrogens with one attached hydrogen (secondary N) is 1. The molecule has 0 aliphatic rings. The molecule has 13 heavy (non-hydrogen) atoms. The first-order valence-electron chi connectivity index (χ1n) is 3.59. The number of benzene rings is 1. The zero-order valence-corrected chi connectivity index (χ0v) is 8.34. The Labute approximate surface area is 83.8 Å². The van der Waals surface area contributed by atoms with Gasteiger partial charge in [-0.3, -0.25) is 10.2 Å². The zero-order valence-electron chi connectivity index (χ0n) is 6.75. The van der Waals surface area contributed by atoms with Gasteiger partial charge in [0.2, 0.25) is 0 Å². The van der Waals surface area contributed by atoms with Gasteiger partial charge in [0.1, 0.15) is 0 Å². The molecular formula is C8H9BrN2O2. The number of aliphatic hydroxyl groups excluding tert-OH is 1. The summed E-state index contributed by atoms with van der Waals surface area (Å²) in [6, 6.07) is 4.86. The van der Waals surface area contributed by atoms with Gasteiger partial charge in [0.25, 0.3) is 5.91 Å². The fourth-order valence-electron chi connectivity index (χ4n) is 0.900. The fourth-order valence-corrected chi connectivity index (χ4v) is 1.40.